The van der Waals surface area contributed by atoms with E-state index in [2.05, 4.69) is 25.8 Å². The van der Waals surface area contributed by atoms with Gasteiger partial charge < -0.3 is 30.7 Å². The summed E-state index contributed by atoms with van der Waals surface area (Å²) < 4.78 is 107. The molecule has 6 amide bonds. The molecule has 0 saturated heterocycles. The van der Waals surface area contributed by atoms with Crippen molar-refractivity contribution < 1.29 is 72.3 Å². The largest absolute Gasteiger partial charge is 0.744 e. The van der Waals surface area contributed by atoms with Crippen LogP contribution >= 0.6 is 0 Å². The zero-order valence-electron chi connectivity index (χ0n) is 47.5. The van der Waals surface area contributed by atoms with Gasteiger partial charge in [-0.05, 0) is 133 Å². The summed E-state index contributed by atoms with van der Waals surface area (Å²) in [6.45, 7) is 7.49. The van der Waals surface area contributed by atoms with E-state index in [-0.39, 0.29) is 72.2 Å². The summed E-state index contributed by atoms with van der Waals surface area (Å²) in [5, 5.41) is 11.5. The van der Waals surface area contributed by atoms with Gasteiger partial charge in [0.15, 0.2) is 5.71 Å². The molecule has 4 aliphatic heterocycles. The van der Waals surface area contributed by atoms with Gasteiger partial charge in [-0.3, -0.25) is 42.8 Å². The number of benzene rings is 2. The van der Waals surface area contributed by atoms with Crippen LogP contribution in [0.5, 0.6) is 0 Å². The van der Waals surface area contributed by atoms with Crippen molar-refractivity contribution in [3.8, 4) is 0 Å². The Morgan fingerprint density at radius 2 is 1.41 bits per heavy atom. The fourth-order valence-electron chi connectivity index (χ4n) is 11.1. The first-order valence-electron chi connectivity index (χ1n) is 28.5. The van der Waals surface area contributed by atoms with Crippen molar-refractivity contribution in [2.75, 3.05) is 49.9 Å². The zero-order valence-corrected chi connectivity index (χ0v) is 50.0. The molecule has 0 aromatic heterocycles. The lowest BCUT2D eigenvalue weighted by molar-refractivity contribution is -0.438. The number of hydrogen-bond acceptors (Lipinski definition) is 14. The Morgan fingerprint density at radius 1 is 0.711 bits per heavy atom. The molecule has 2 aromatic rings. The molecular formula is C58H79N7O15S3. The number of rotatable bonds is 17. The van der Waals surface area contributed by atoms with Gasteiger partial charge in [0.2, 0.25) is 29.3 Å². The van der Waals surface area contributed by atoms with Crippen molar-refractivity contribution in [1.29, 1.82) is 0 Å². The second-order valence-electron chi connectivity index (χ2n) is 22.2. The minimum Gasteiger partial charge on any atom is -0.744 e. The van der Waals surface area contributed by atoms with Gasteiger partial charge in [0.05, 0.1) is 21.0 Å². The molecule has 0 saturated carbocycles. The maximum absolute atomic E-state index is 13.6. The van der Waals surface area contributed by atoms with Crippen LogP contribution in [0.15, 0.2) is 94.4 Å². The van der Waals surface area contributed by atoms with E-state index in [4.69, 9.17) is 0 Å². The molecule has 25 heteroatoms. The Kier molecular flexibility index (Phi) is 23.3. The number of nitrogens with zero attached hydrogens (tertiary/aromatic N) is 3. The smallest absolute Gasteiger partial charge is 0.294 e. The molecule has 2 aromatic carbocycles. The molecule has 6 N–H and O–H groups in total. The van der Waals surface area contributed by atoms with E-state index in [0.29, 0.717) is 133 Å². The van der Waals surface area contributed by atoms with E-state index in [9.17, 15) is 67.7 Å². The van der Waals surface area contributed by atoms with Crippen LogP contribution < -0.4 is 26.2 Å². The van der Waals surface area contributed by atoms with E-state index < -0.39 is 64.8 Å². The summed E-state index contributed by atoms with van der Waals surface area (Å²) in [7, 11) is -13.6. The molecule has 2 unspecified atom stereocenters. The highest BCUT2D eigenvalue weighted by molar-refractivity contribution is 7.86. The molecule has 4 heterocycles. The van der Waals surface area contributed by atoms with Crippen molar-refractivity contribution in [1.82, 2.24) is 26.2 Å². The number of anilines is 1. The quantitative estimate of drug-likeness (QED) is 0.0481. The van der Waals surface area contributed by atoms with Crippen molar-refractivity contribution >= 4 is 82.9 Å². The first-order valence-corrected chi connectivity index (χ1v) is 33.0. The Balaban J connectivity index is 1.18. The van der Waals surface area contributed by atoms with Crippen LogP contribution in [0, 0.1) is 0 Å². The number of amides is 6. The van der Waals surface area contributed by atoms with E-state index in [1.54, 1.807) is 12.1 Å². The third-order valence-electron chi connectivity index (χ3n) is 15.6. The third-order valence-corrected chi connectivity index (χ3v) is 18.1. The molecule has 2 atom stereocenters. The van der Waals surface area contributed by atoms with E-state index in [0.717, 1.165) is 22.0 Å². The standard InChI is InChI=1S/C58H79N7O15S3/c1-57(2)44-40-42(82(75,76)77)26-28-47(44)63-36-17-7-12-25-53(68)62-46(56(71)61-34-15-6-11-24-52(67)60-35-38-65-54(69)30-31-55(65)70)20-13-16-33-59-51(66)23-10-5-14-32-58(3)45-41-43(83(78,79)80)27-29-48(45)64(37-18-19-39-81(72,73)74)50(58)22-9-4-8-21-49(57)63/h4,8-9,21-22,26-31,40-41,46H,5-7,10-20,23-25,32-39H2,1-3H3,(H6-,59,60,61,62,66,67,68,71,72,73,74,75,76,77,78,79,80). The molecule has 0 bridgehead atoms. The topological polar surface area (TPSA) is 326 Å². The van der Waals surface area contributed by atoms with Gasteiger partial charge in [0.1, 0.15) is 22.7 Å². The first kappa shape index (κ1) is 65.8. The molecule has 4 aliphatic rings. The monoisotopic (exact) mass is 1210 g/mol. The van der Waals surface area contributed by atoms with Crippen LogP contribution in [0.4, 0.5) is 11.4 Å². The van der Waals surface area contributed by atoms with Crippen LogP contribution in [-0.4, -0.2) is 141 Å². The highest BCUT2D eigenvalue weighted by atomic mass is 32.2. The van der Waals surface area contributed by atoms with Crippen LogP contribution in [0.25, 0.3) is 0 Å². The lowest BCUT2D eigenvalue weighted by atomic mass is 9.77. The third kappa shape index (κ3) is 18.6. The summed E-state index contributed by atoms with van der Waals surface area (Å²) in [6.07, 6.45) is 19.8. The van der Waals surface area contributed by atoms with E-state index >= 15 is 0 Å². The van der Waals surface area contributed by atoms with Crippen LogP contribution in [0.2, 0.25) is 0 Å². The predicted molar refractivity (Wildman–Crippen MR) is 311 cm³/mol. The fourth-order valence-corrected chi connectivity index (χ4v) is 12.7. The number of unbranched alkanes of at least 4 members (excludes halogenated alkanes) is 3. The predicted octanol–water partition coefficient (Wildman–Crippen LogP) is 5.67. The lowest BCUT2D eigenvalue weighted by Gasteiger charge is -2.30. The number of nitrogens with one attached hydrogen (secondary N) is 4. The van der Waals surface area contributed by atoms with Gasteiger partial charge in [-0.15, -0.1) is 0 Å². The number of carbonyl (C=O) groups is 6. The summed E-state index contributed by atoms with van der Waals surface area (Å²) >= 11 is 0. The SMILES string of the molecule is CC1(C)C2=[N+](CCCCCC(=O)NC(C(=O)NCCCCCC(=O)NCCN3C(=O)C=CC3=O)CCCCNC(=O)CCCCCC3(C)/C(=C/C=C/C=C/2)N(CCCCS(=O)(=O)O)c2ccc(S(=O)(=O)O)cc23)c2ccc(S(=O)(=O)[O-])cc21. The maximum atomic E-state index is 13.6. The van der Waals surface area contributed by atoms with Crippen molar-refractivity contribution in [2.45, 2.75) is 163 Å². The fraction of sp³-hybridized carbons (Fsp3) is 0.534. The average molecular weight is 1210 g/mol. The molecule has 0 radical (unpaired) electrons. The van der Waals surface area contributed by atoms with Crippen LogP contribution in [-0.2, 0) is 70.0 Å². The highest BCUT2D eigenvalue weighted by Crippen LogP contribution is 2.51. The lowest BCUT2D eigenvalue weighted by Crippen LogP contribution is -2.47. The molecule has 454 valence electrons. The first-order chi connectivity index (χ1) is 39.2. The number of carbonyl (C=O) groups excluding carboxylic acids is 6. The van der Waals surface area contributed by atoms with Gasteiger partial charge in [-0.25, -0.2) is 8.42 Å². The molecule has 0 aliphatic carbocycles. The zero-order chi connectivity index (χ0) is 60.6. The molecule has 0 fully saturated rings. The maximum Gasteiger partial charge on any atom is 0.294 e. The molecule has 22 nitrogen and oxygen atoms in total. The van der Waals surface area contributed by atoms with Gasteiger partial charge in [0.25, 0.3) is 32.1 Å². The van der Waals surface area contributed by atoms with Crippen molar-refractivity contribution in [2.24, 2.45) is 0 Å². The van der Waals surface area contributed by atoms with Gasteiger partial charge in [-0.1, -0.05) is 37.5 Å². The normalized spacial score (nSPS) is 22.2. The Hall–Kier alpha value is -6.38. The number of allylic oxidation sites excluding steroid dienone is 6. The summed E-state index contributed by atoms with van der Waals surface area (Å²) in [4.78, 5) is 78.3. The van der Waals surface area contributed by atoms with Crippen LogP contribution in [0.1, 0.15) is 147 Å². The molecular weight excluding hydrogens is 1130 g/mol. The average Bonchev–Trinajstić information content (AvgIpc) is 2.27. The highest BCUT2D eigenvalue weighted by Gasteiger charge is 2.45. The Bertz CT molecular complexity index is 3240. The van der Waals surface area contributed by atoms with E-state index in [1.807, 2.05) is 56.1 Å². The molecule has 83 heavy (non-hydrogen) atoms. The van der Waals surface area contributed by atoms with Gasteiger partial charge in [-0.2, -0.15) is 21.4 Å². The second kappa shape index (κ2) is 29.4. The van der Waals surface area contributed by atoms with Crippen LogP contribution in [0.3, 0.4) is 0 Å². The summed E-state index contributed by atoms with van der Waals surface area (Å²) in [5.41, 5.74) is 2.61. The summed E-state index contributed by atoms with van der Waals surface area (Å²) in [5.74, 6) is -2.31. The van der Waals surface area contributed by atoms with E-state index in [1.165, 1.54) is 36.4 Å². The number of hydrogen-bond donors (Lipinski definition) is 6. The Morgan fingerprint density at radius 3 is 2.12 bits per heavy atom. The Labute approximate surface area is 487 Å². The number of imide groups is 1. The van der Waals surface area contributed by atoms with Gasteiger partial charge >= 0.3 is 0 Å². The summed E-state index contributed by atoms with van der Waals surface area (Å²) in [6, 6.07) is 7.87. The van der Waals surface area contributed by atoms with Gasteiger partial charge in [0, 0.05) is 105 Å². The molecule has 0 spiro atoms. The minimum absolute atomic E-state index is 0.0764. The van der Waals surface area contributed by atoms with Crippen molar-refractivity contribution in [3.05, 3.63) is 95.8 Å². The minimum atomic E-state index is -4.78. The second-order valence-corrected chi connectivity index (χ2v) is 26.5. The van der Waals surface area contributed by atoms with Crippen molar-refractivity contribution in [3.63, 3.8) is 0 Å². The molecule has 6 rings (SSSR count). The number of fused-ring (bicyclic) bond motifs is 5.